The highest BCUT2D eigenvalue weighted by atomic mass is 35.5. The third kappa shape index (κ3) is 4.28. The summed E-state index contributed by atoms with van der Waals surface area (Å²) in [6.45, 7) is 0. The highest BCUT2D eigenvalue weighted by Gasteiger charge is 2.37. The number of anilines is 1. The fraction of sp³-hybridized carbons (Fsp3) is 0. The molecule has 4 rings (SSSR count). The van der Waals surface area contributed by atoms with E-state index in [1.165, 1.54) is 30.0 Å². The van der Waals surface area contributed by atoms with Gasteiger partial charge < -0.3 is 4.42 Å². The summed E-state index contributed by atoms with van der Waals surface area (Å²) in [6, 6.07) is 15.9. The third-order valence-electron chi connectivity index (χ3n) is 4.11. The molecule has 3 aromatic rings. The molecule has 1 saturated heterocycles. The maximum atomic E-state index is 12.8. The molecule has 1 aliphatic rings. The van der Waals surface area contributed by atoms with Gasteiger partial charge in [-0.2, -0.15) is 0 Å². The van der Waals surface area contributed by atoms with Crippen LogP contribution in [-0.2, 0) is 9.59 Å². The van der Waals surface area contributed by atoms with E-state index >= 15 is 0 Å². The molecule has 2 aromatic carbocycles. The van der Waals surface area contributed by atoms with Crippen LogP contribution in [0, 0.1) is 0 Å². The minimum Gasteiger partial charge on any atom is -0.450 e. The molecule has 1 aliphatic heterocycles. The quantitative estimate of drug-likeness (QED) is 0.417. The minimum absolute atomic E-state index is 0.220. The number of furan rings is 1. The van der Waals surface area contributed by atoms with Crippen molar-refractivity contribution in [2.75, 3.05) is 4.90 Å². The lowest BCUT2D eigenvalue weighted by Gasteiger charge is -2.26. The van der Waals surface area contributed by atoms with Gasteiger partial charge in [-0.25, -0.2) is 9.69 Å². The predicted molar refractivity (Wildman–Crippen MR) is 115 cm³/mol. The van der Waals surface area contributed by atoms with Gasteiger partial charge in [0.25, 0.3) is 11.8 Å². The molecule has 0 radical (unpaired) electrons. The van der Waals surface area contributed by atoms with Crippen LogP contribution in [0.2, 0.25) is 10.0 Å². The Morgan fingerprint density at radius 1 is 0.867 bits per heavy atom. The molecule has 4 amide bonds. The van der Waals surface area contributed by atoms with Crippen molar-refractivity contribution in [2.45, 2.75) is 9.99 Å². The highest BCUT2D eigenvalue weighted by molar-refractivity contribution is 7.99. The van der Waals surface area contributed by atoms with Gasteiger partial charge in [0, 0.05) is 14.9 Å². The van der Waals surface area contributed by atoms with E-state index in [0.717, 1.165) is 9.80 Å². The molecule has 2 heterocycles. The molecule has 0 spiro atoms. The number of hydrogen-bond donors (Lipinski definition) is 1. The number of urea groups is 1. The zero-order valence-electron chi connectivity index (χ0n) is 15.1. The van der Waals surface area contributed by atoms with Crippen molar-refractivity contribution in [1.29, 1.82) is 0 Å². The van der Waals surface area contributed by atoms with Gasteiger partial charge in [0.05, 0.1) is 5.69 Å². The molecular weight excluding hydrogens is 447 g/mol. The van der Waals surface area contributed by atoms with E-state index < -0.39 is 17.8 Å². The van der Waals surface area contributed by atoms with Crippen LogP contribution in [0.5, 0.6) is 0 Å². The molecular formula is C21H12Cl2N2O4S. The molecule has 30 heavy (non-hydrogen) atoms. The second-order valence-electron chi connectivity index (χ2n) is 6.15. The van der Waals surface area contributed by atoms with Gasteiger partial charge in [-0.05, 0) is 66.7 Å². The standard InChI is InChI=1S/C21H12Cl2N2O4S/c22-12-1-5-14(6-2-12)25-20(27)17(19(26)24-21(25)28)11-15-7-10-18(29-15)30-16-8-3-13(23)4-9-16/h1-11H,(H,24,26,28). The summed E-state index contributed by atoms with van der Waals surface area (Å²) in [6.07, 6.45) is 1.30. The number of nitrogens with zero attached hydrogens (tertiary/aromatic N) is 1. The van der Waals surface area contributed by atoms with Crippen molar-refractivity contribution in [2.24, 2.45) is 0 Å². The van der Waals surface area contributed by atoms with Crippen molar-refractivity contribution in [3.8, 4) is 0 Å². The molecule has 9 heteroatoms. The van der Waals surface area contributed by atoms with Crippen molar-refractivity contribution in [1.82, 2.24) is 5.32 Å². The van der Waals surface area contributed by atoms with Crippen molar-refractivity contribution < 1.29 is 18.8 Å². The molecule has 6 nitrogen and oxygen atoms in total. The minimum atomic E-state index is -0.831. The van der Waals surface area contributed by atoms with E-state index in [0.29, 0.717) is 26.6 Å². The number of barbiturate groups is 1. The van der Waals surface area contributed by atoms with Crippen LogP contribution in [0.3, 0.4) is 0 Å². The number of nitrogens with one attached hydrogen (secondary N) is 1. The number of imide groups is 2. The summed E-state index contributed by atoms with van der Waals surface area (Å²) in [5, 5.41) is 3.82. The first-order valence-corrected chi connectivity index (χ1v) is 10.2. The topological polar surface area (TPSA) is 79.6 Å². The van der Waals surface area contributed by atoms with Crippen molar-refractivity contribution in [3.05, 3.63) is 82.0 Å². The Morgan fingerprint density at radius 3 is 2.17 bits per heavy atom. The van der Waals surface area contributed by atoms with Gasteiger partial charge in [-0.3, -0.25) is 14.9 Å². The number of rotatable bonds is 4. The van der Waals surface area contributed by atoms with Gasteiger partial charge in [0.2, 0.25) is 0 Å². The lowest BCUT2D eigenvalue weighted by Crippen LogP contribution is -2.54. The number of halogens is 2. The van der Waals surface area contributed by atoms with Crippen LogP contribution < -0.4 is 10.2 Å². The van der Waals surface area contributed by atoms with Crippen LogP contribution in [0.4, 0.5) is 10.5 Å². The largest absolute Gasteiger partial charge is 0.450 e. The van der Waals surface area contributed by atoms with Crippen molar-refractivity contribution in [3.63, 3.8) is 0 Å². The number of carbonyl (C=O) groups excluding carboxylic acids is 3. The fourth-order valence-corrected chi connectivity index (χ4v) is 3.74. The number of hydrogen-bond acceptors (Lipinski definition) is 5. The molecule has 150 valence electrons. The predicted octanol–water partition coefficient (Wildman–Crippen LogP) is 5.40. The second kappa shape index (κ2) is 8.39. The summed E-state index contributed by atoms with van der Waals surface area (Å²) in [7, 11) is 0. The zero-order chi connectivity index (χ0) is 21.3. The lowest BCUT2D eigenvalue weighted by atomic mass is 10.1. The Labute approximate surface area is 185 Å². The van der Waals surface area contributed by atoms with Crippen molar-refractivity contribution >= 4 is 64.6 Å². The average Bonchev–Trinajstić information content (AvgIpc) is 3.15. The van der Waals surface area contributed by atoms with E-state index in [1.54, 1.807) is 36.4 Å². The average molecular weight is 459 g/mol. The molecule has 0 aliphatic carbocycles. The Morgan fingerprint density at radius 2 is 1.50 bits per heavy atom. The molecule has 0 bridgehead atoms. The Kier molecular flexibility index (Phi) is 5.67. The SMILES string of the molecule is O=C1NC(=O)N(c2ccc(Cl)cc2)C(=O)C1=Cc1ccc(Sc2ccc(Cl)cc2)o1. The Bertz CT molecular complexity index is 1170. The first kappa shape index (κ1) is 20.3. The number of carbonyl (C=O) groups is 3. The first-order valence-electron chi connectivity index (χ1n) is 8.61. The van der Waals surface area contributed by atoms with E-state index in [4.69, 9.17) is 27.6 Å². The van der Waals surface area contributed by atoms with Crippen LogP contribution >= 0.6 is 35.0 Å². The first-order chi connectivity index (χ1) is 14.4. The highest BCUT2D eigenvalue weighted by Crippen LogP contribution is 2.31. The molecule has 0 saturated carbocycles. The van der Waals surface area contributed by atoms with E-state index in [9.17, 15) is 14.4 Å². The normalized spacial score (nSPS) is 15.6. The van der Waals surface area contributed by atoms with Gasteiger partial charge >= 0.3 is 6.03 Å². The third-order valence-corrected chi connectivity index (χ3v) is 5.54. The molecule has 1 N–H and O–H groups in total. The van der Waals surface area contributed by atoms with Gasteiger partial charge in [0.1, 0.15) is 11.3 Å². The van der Waals surface area contributed by atoms with E-state index in [1.807, 2.05) is 12.1 Å². The van der Waals surface area contributed by atoms with Gasteiger partial charge in [0.15, 0.2) is 5.09 Å². The summed E-state index contributed by atoms with van der Waals surface area (Å²) in [5.74, 6) is -1.25. The lowest BCUT2D eigenvalue weighted by molar-refractivity contribution is -0.122. The van der Waals surface area contributed by atoms with E-state index in [-0.39, 0.29) is 5.57 Å². The summed E-state index contributed by atoms with van der Waals surface area (Å²) < 4.78 is 5.70. The fourth-order valence-electron chi connectivity index (χ4n) is 2.71. The number of benzene rings is 2. The summed E-state index contributed by atoms with van der Waals surface area (Å²) in [4.78, 5) is 39.1. The summed E-state index contributed by atoms with van der Waals surface area (Å²) >= 11 is 13.1. The van der Waals surface area contributed by atoms with E-state index in [2.05, 4.69) is 5.32 Å². The summed E-state index contributed by atoms with van der Waals surface area (Å²) in [5.41, 5.74) is 0.0701. The molecule has 1 fully saturated rings. The smallest absolute Gasteiger partial charge is 0.335 e. The van der Waals surface area contributed by atoms with Gasteiger partial charge in [-0.15, -0.1) is 0 Å². The maximum Gasteiger partial charge on any atom is 0.335 e. The Hall–Kier alpha value is -3.00. The molecule has 1 aromatic heterocycles. The van der Waals surface area contributed by atoms with Gasteiger partial charge in [-0.1, -0.05) is 35.0 Å². The molecule has 0 unspecified atom stereocenters. The monoisotopic (exact) mass is 458 g/mol. The van der Waals surface area contributed by atoms with Crippen LogP contribution in [-0.4, -0.2) is 17.8 Å². The molecule has 0 atom stereocenters. The van der Waals surface area contributed by atoms with Crippen LogP contribution in [0.15, 0.2) is 80.6 Å². The second-order valence-corrected chi connectivity index (χ2v) is 8.10. The number of amides is 4. The Balaban J connectivity index is 1.59. The zero-order valence-corrected chi connectivity index (χ0v) is 17.4. The van der Waals surface area contributed by atoms with Crippen LogP contribution in [0.25, 0.3) is 6.08 Å². The van der Waals surface area contributed by atoms with Crippen LogP contribution in [0.1, 0.15) is 5.76 Å². The maximum absolute atomic E-state index is 12.8.